The van der Waals surface area contributed by atoms with Gasteiger partial charge >= 0.3 is 0 Å². The standard InChI is InChI=1S/C15H19N3O2/c1-3-16-14-7-6-12(10-17-14)15(19)18-11(2)9-13-5-4-8-20-13/h4-8,10-11H,3,9H2,1-2H3,(H,16,17)(H,18,19). The quantitative estimate of drug-likeness (QED) is 0.848. The third kappa shape index (κ3) is 3.85. The first-order valence-corrected chi connectivity index (χ1v) is 6.72. The molecule has 2 heterocycles. The number of carbonyl (C=O) groups excluding carboxylic acids is 1. The van der Waals surface area contributed by atoms with Crippen LogP contribution in [0, 0.1) is 0 Å². The third-order valence-corrected chi connectivity index (χ3v) is 2.85. The van der Waals surface area contributed by atoms with Crippen molar-refractivity contribution < 1.29 is 9.21 Å². The number of nitrogens with zero attached hydrogens (tertiary/aromatic N) is 1. The van der Waals surface area contributed by atoms with Gasteiger partial charge in [0.2, 0.25) is 0 Å². The first kappa shape index (κ1) is 14.1. The Labute approximate surface area is 118 Å². The van der Waals surface area contributed by atoms with Crippen molar-refractivity contribution in [2.75, 3.05) is 11.9 Å². The second-order valence-corrected chi connectivity index (χ2v) is 4.62. The molecular weight excluding hydrogens is 254 g/mol. The van der Waals surface area contributed by atoms with Gasteiger partial charge in [-0.25, -0.2) is 4.98 Å². The average Bonchev–Trinajstić information content (AvgIpc) is 2.92. The predicted octanol–water partition coefficient (Wildman–Crippen LogP) is 2.47. The molecule has 2 N–H and O–H groups in total. The van der Waals surface area contributed by atoms with Gasteiger partial charge in [0.05, 0.1) is 11.8 Å². The van der Waals surface area contributed by atoms with Gasteiger partial charge in [0.1, 0.15) is 11.6 Å². The lowest BCUT2D eigenvalue weighted by molar-refractivity contribution is 0.0939. The maximum Gasteiger partial charge on any atom is 0.253 e. The fourth-order valence-electron chi connectivity index (χ4n) is 1.90. The molecule has 0 aliphatic rings. The fourth-order valence-corrected chi connectivity index (χ4v) is 1.90. The second-order valence-electron chi connectivity index (χ2n) is 4.62. The molecule has 2 aromatic heterocycles. The Morgan fingerprint density at radius 3 is 2.85 bits per heavy atom. The van der Waals surface area contributed by atoms with E-state index in [9.17, 15) is 4.79 Å². The minimum atomic E-state index is -0.125. The Morgan fingerprint density at radius 1 is 1.40 bits per heavy atom. The predicted molar refractivity (Wildman–Crippen MR) is 77.7 cm³/mol. The number of carbonyl (C=O) groups is 1. The van der Waals surface area contributed by atoms with E-state index < -0.39 is 0 Å². The summed E-state index contributed by atoms with van der Waals surface area (Å²) in [7, 11) is 0. The minimum Gasteiger partial charge on any atom is -0.469 e. The summed E-state index contributed by atoms with van der Waals surface area (Å²) in [5, 5.41) is 6.02. The molecule has 20 heavy (non-hydrogen) atoms. The number of furan rings is 1. The molecule has 0 saturated heterocycles. The van der Waals surface area contributed by atoms with E-state index in [-0.39, 0.29) is 11.9 Å². The molecule has 0 spiro atoms. The van der Waals surface area contributed by atoms with Crippen LogP contribution in [0.15, 0.2) is 41.1 Å². The van der Waals surface area contributed by atoms with Crippen LogP contribution < -0.4 is 10.6 Å². The molecule has 0 fully saturated rings. The molecular formula is C15H19N3O2. The summed E-state index contributed by atoms with van der Waals surface area (Å²) < 4.78 is 5.26. The summed E-state index contributed by atoms with van der Waals surface area (Å²) in [4.78, 5) is 16.2. The second kappa shape index (κ2) is 6.75. The van der Waals surface area contributed by atoms with E-state index >= 15 is 0 Å². The Morgan fingerprint density at radius 2 is 2.25 bits per heavy atom. The largest absolute Gasteiger partial charge is 0.469 e. The first-order valence-electron chi connectivity index (χ1n) is 6.72. The lowest BCUT2D eigenvalue weighted by Gasteiger charge is -2.12. The number of nitrogens with one attached hydrogen (secondary N) is 2. The highest BCUT2D eigenvalue weighted by atomic mass is 16.3. The number of rotatable bonds is 6. The van der Waals surface area contributed by atoms with Crippen molar-refractivity contribution in [3.63, 3.8) is 0 Å². The molecule has 0 saturated carbocycles. The monoisotopic (exact) mass is 273 g/mol. The van der Waals surface area contributed by atoms with Crippen molar-refractivity contribution >= 4 is 11.7 Å². The normalized spacial score (nSPS) is 11.9. The van der Waals surface area contributed by atoms with Gasteiger partial charge in [-0.2, -0.15) is 0 Å². The van der Waals surface area contributed by atoms with Crippen molar-refractivity contribution in [3.8, 4) is 0 Å². The summed E-state index contributed by atoms with van der Waals surface area (Å²) >= 11 is 0. The lowest BCUT2D eigenvalue weighted by atomic mass is 10.2. The van der Waals surface area contributed by atoms with E-state index in [1.165, 1.54) is 0 Å². The van der Waals surface area contributed by atoms with Crippen molar-refractivity contribution in [2.45, 2.75) is 26.3 Å². The molecule has 0 bridgehead atoms. The van der Waals surface area contributed by atoms with E-state index in [0.717, 1.165) is 18.1 Å². The van der Waals surface area contributed by atoms with E-state index in [0.29, 0.717) is 12.0 Å². The van der Waals surface area contributed by atoms with Crippen LogP contribution in [0.3, 0.4) is 0 Å². The van der Waals surface area contributed by atoms with Crippen LogP contribution in [0.25, 0.3) is 0 Å². The highest BCUT2D eigenvalue weighted by Gasteiger charge is 2.11. The summed E-state index contributed by atoms with van der Waals surface area (Å²) in [6.07, 6.45) is 3.88. The van der Waals surface area contributed by atoms with Gasteiger partial charge in [-0.15, -0.1) is 0 Å². The van der Waals surface area contributed by atoms with Crippen LogP contribution in [-0.2, 0) is 6.42 Å². The maximum absolute atomic E-state index is 12.1. The number of pyridine rings is 1. The SMILES string of the molecule is CCNc1ccc(C(=O)NC(C)Cc2ccco2)cn1. The average molecular weight is 273 g/mol. The molecule has 106 valence electrons. The van der Waals surface area contributed by atoms with Crippen LogP contribution in [0.2, 0.25) is 0 Å². The number of amides is 1. The van der Waals surface area contributed by atoms with Crippen LogP contribution in [0.1, 0.15) is 30.0 Å². The molecule has 1 unspecified atom stereocenters. The first-order chi connectivity index (χ1) is 9.69. The van der Waals surface area contributed by atoms with Crippen LogP contribution in [0.5, 0.6) is 0 Å². The van der Waals surface area contributed by atoms with Crippen LogP contribution in [-0.4, -0.2) is 23.5 Å². The van der Waals surface area contributed by atoms with Gasteiger partial charge in [-0.05, 0) is 38.1 Å². The Hall–Kier alpha value is -2.30. The van der Waals surface area contributed by atoms with Crippen molar-refractivity contribution in [1.82, 2.24) is 10.3 Å². The Balaban J connectivity index is 1.90. The van der Waals surface area contributed by atoms with Crippen molar-refractivity contribution in [1.29, 1.82) is 0 Å². The summed E-state index contributed by atoms with van der Waals surface area (Å²) in [5.41, 5.74) is 0.554. The van der Waals surface area contributed by atoms with Crippen LogP contribution >= 0.6 is 0 Å². The van der Waals surface area contributed by atoms with Gasteiger partial charge < -0.3 is 15.1 Å². The van der Waals surface area contributed by atoms with Gasteiger partial charge in [0.15, 0.2) is 0 Å². The van der Waals surface area contributed by atoms with E-state index in [4.69, 9.17) is 4.42 Å². The summed E-state index contributed by atoms with van der Waals surface area (Å²) in [6.45, 7) is 4.75. The molecule has 5 heteroatoms. The highest BCUT2D eigenvalue weighted by Crippen LogP contribution is 2.07. The third-order valence-electron chi connectivity index (χ3n) is 2.85. The van der Waals surface area contributed by atoms with Gasteiger partial charge in [-0.3, -0.25) is 4.79 Å². The van der Waals surface area contributed by atoms with E-state index in [2.05, 4.69) is 15.6 Å². The smallest absolute Gasteiger partial charge is 0.253 e. The van der Waals surface area contributed by atoms with Crippen molar-refractivity contribution in [3.05, 3.63) is 48.0 Å². The molecule has 1 amide bonds. The zero-order chi connectivity index (χ0) is 14.4. The fraction of sp³-hybridized carbons (Fsp3) is 0.333. The maximum atomic E-state index is 12.1. The topological polar surface area (TPSA) is 67.2 Å². The highest BCUT2D eigenvalue weighted by molar-refractivity contribution is 5.94. The summed E-state index contributed by atoms with van der Waals surface area (Å²) in [5.74, 6) is 1.51. The number of hydrogen-bond acceptors (Lipinski definition) is 4. The molecule has 0 aliphatic heterocycles. The van der Waals surface area contributed by atoms with Crippen LogP contribution in [0.4, 0.5) is 5.82 Å². The molecule has 2 rings (SSSR count). The summed E-state index contributed by atoms with van der Waals surface area (Å²) in [6, 6.07) is 7.31. The number of aromatic nitrogens is 1. The molecule has 2 aromatic rings. The molecule has 1 atom stereocenters. The number of hydrogen-bond donors (Lipinski definition) is 2. The molecule has 0 aromatic carbocycles. The van der Waals surface area contributed by atoms with Gasteiger partial charge in [0.25, 0.3) is 5.91 Å². The van der Waals surface area contributed by atoms with Gasteiger partial charge in [0, 0.05) is 25.2 Å². The van der Waals surface area contributed by atoms with Crippen molar-refractivity contribution in [2.24, 2.45) is 0 Å². The Bertz CT molecular complexity index is 535. The zero-order valence-electron chi connectivity index (χ0n) is 11.7. The lowest BCUT2D eigenvalue weighted by Crippen LogP contribution is -2.34. The van der Waals surface area contributed by atoms with E-state index in [1.807, 2.05) is 26.0 Å². The number of anilines is 1. The van der Waals surface area contributed by atoms with E-state index in [1.54, 1.807) is 24.6 Å². The molecule has 0 aliphatic carbocycles. The molecule has 0 radical (unpaired) electrons. The molecule has 5 nitrogen and oxygen atoms in total. The van der Waals surface area contributed by atoms with Gasteiger partial charge in [-0.1, -0.05) is 0 Å². The Kier molecular flexibility index (Phi) is 4.76. The minimum absolute atomic E-state index is 0.00194. The zero-order valence-corrected chi connectivity index (χ0v) is 11.7.